The SMILES string of the molecule is C[C@H]1CCN1c1nc2c(c(-c3ccc4c(c3)CN(C)C4=O)n1)CCC2. The highest BCUT2D eigenvalue weighted by atomic mass is 16.2. The number of fused-ring (bicyclic) bond motifs is 2. The zero-order valence-corrected chi connectivity index (χ0v) is 14.7. The predicted octanol–water partition coefficient (Wildman–Crippen LogP) is 2.82. The quantitative estimate of drug-likeness (QED) is 0.847. The van der Waals surface area contributed by atoms with Gasteiger partial charge in [0.25, 0.3) is 5.91 Å². The number of anilines is 1. The molecule has 5 nitrogen and oxygen atoms in total. The van der Waals surface area contributed by atoms with Crippen molar-refractivity contribution in [1.29, 1.82) is 0 Å². The first-order valence-corrected chi connectivity index (χ1v) is 9.17. The average molecular weight is 334 g/mol. The van der Waals surface area contributed by atoms with Crippen LogP contribution in [0.3, 0.4) is 0 Å². The Morgan fingerprint density at radius 3 is 2.84 bits per heavy atom. The van der Waals surface area contributed by atoms with Crippen LogP contribution in [0.25, 0.3) is 11.3 Å². The second kappa shape index (κ2) is 5.28. The van der Waals surface area contributed by atoms with Crippen LogP contribution in [-0.2, 0) is 19.4 Å². The molecule has 0 N–H and O–H groups in total. The lowest BCUT2D eigenvalue weighted by Gasteiger charge is -2.39. The summed E-state index contributed by atoms with van der Waals surface area (Å²) in [5.74, 6) is 0.993. The molecule has 1 aliphatic carbocycles. The van der Waals surface area contributed by atoms with Gasteiger partial charge < -0.3 is 9.80 Å². The fourth-order valence-corrected chi connectivity index (χ4v) is 4.21. The van der Waals surface area contributed by atoms with Crippen molar-refractivity contribution in [2.45, 2.75) is 45.2 Å². The van der Waals surface area contributed by atoms with E-state index in [2.05, 4.69) is 24.0 Å². The second-order valence-electron chi connectivity index (χ2n) is 7.52. The number of rotatable bonds is 2. The molecule has 1 atom stereocenters. The van der Waals surface area contributed by atoms with Crippen molar-refractivity contribution in [3.8, 4) is 11.3 Å². The first-order valence-electron chi connectivity index (χ1n) is 9.17. The summed E-state index contributed by atoms with van der Waals surface area (Å²) in [6, 6.07) is 6.70. The molecule has 0 unspecified atom stereocenters. The minimum Gasteiger partial charge on any atom is -0.338 e. The van der Waals surface area contributed by atoms with Crippen LogP contribution in [0.15, 0.2) is 18.2 Å². The minimum absolute atomic E-state index is 0.115. The molecule has 2 aromatic rings. The lowest BCUT2D eigenvalue weighted by molar-refractivity contribution is 0.0816. The van der Waals surface area contributed by atoms with Gasteiger partial charge in [0.2, 0.25) is 5.95 Å². The number of aromatic nitrogens is 2. The van der Waals surface area contributed by atoms with E-state index in [1.165, 1.54) is 17.7 Å². The molecular weight excluding hydrogens is 312 g/mol. The Hall–Kier alpha value is -2.43. The summed E-state index contributed by atoms with van der Waals surface area (Å²) in [7, 11) is 1.85. The van der Waals surface area contributed by atoms with E-state index in [0.717, 1.165) is 54.1 Å². The summed E-state index contributed by atoms with van der Waals surface area (Å²) >= 11 is 0. The molecule has 25 heavy (non-hydrogen) atoms. The van der Waals surface area contributed by atoms with E-state index in [-0.39, 0.29) is 5.91 Å². The smallest absolute Gasteiger partial charge is 0.254 e. The first-order chi connectivity index (χ1) is 12.1. The Morgan fingerprint density at radius 2 is 2.08 bits per heavy atom. The van der Waals surface area contributed by atoms with Gasteiger partial charge in [-0.1, -0.05) is 6.07 Å². The van der Waals surface area contributed by atoms with Gasteiger partial charge in [0.05, 0.1) is 5.69 Å². The summed E-state index contributed by atoms with van der Waals surface area (Å²) in [5.41, 5.74) is 6.64. The van der Waals surface area contributed by atoms with Crippen molar-refractivity contribution in [2.75, 3.05) is 18.5 Å². The summed E-state index contributed by atoms with van der Waals surface area (Å²) in [6.45, 7) is 3.96. The van der Waals surface area contributed by atoms with E-state index in [1.807, 2.05) is 13.1 Å². The fraction of sp³-hybridized carbons (Fsp3) is 0.450. The molecule has 2 aliphatic heterocycles. The molecular formula is C20H22N4O. The normalized spacial score (nSPS) is 21.4. The fourth-order valence-electron chi connectivity index (χ4n) is 4.21. The van der Waals surface area contributed by atoms with Crippen LogP contribution < -0.4 is 4.90 Å². The summed E-state index contributed by atoms with van der Waals surface area (Å²) in [6.07, 6.45) is 4.47. The maximum atomic E-state index is 12.2. The Balaban J connectivity index is 1.62. The molecule has 3 heterocycles. The summed E-state index contributed by atoms with van der Waals surface area (Å²) < 4.78 is 0. The summed E-state index contributed by atoms with van der Waals surface area (Å²) in [4.78, 5) is 26.0. The van der Waals surface area contributed by atoms with Crippen LogP contribution in [0.1, 0.15) is 46.9 Å². The topological polar surface area (TPSA) is 49.3 Å². The zero-order chi connectivity index (χ0) is 17.1. The number of aryl methyl sites for hydroxylation is 1. The molecule has 0 radical (unpaired) electrons. The van der Waals surface area contributed by atoms with Gasteiger partial charge in [-0.2, -0.15) is 0 Å². The number of amides is 1. The maximum absolute atomic E-state index is 12.2. The highest BCUT2D eigenvalue weighted by molar-refractivity contribution is 5.98. The molecule has 0 spiro atoms. The number of carbonyl (C=O) groups excluding carboxylic acids is 1. The standard InChI is InChI=1S/C20H22N4O/c1-12-8-9-24(12)20-21-17-5-3-4-16(17)18(22-20)13-6-7-15-14(10-13)11-23(2)19(15)25/h6-7,10,12H,3-5,8-9,11H2,1-2H3/t12-/m0/s1. The monoisotopic (exact) mass is 334 g/mol. The number of nitrogens with zero attached hydrogens (tertiary/aromatic N) is 4. The molecule has 5 heteroatoms. The number of hydrogen-bond acceptors (Lipinski definition) is 4. The molecule has 3 aliphatic rings. The summed E-state index contributed by atoms with van der Waals surface area (Å²) in [5, 5.41) is 0. The van der Waals surface area contributed by atoms with Crippen LogP contribution in [0.4, 0.5) is 5.95 Å². The Bertz CT molecular complexity index is 892. The van der Waals surface area contributed by atoms with Crippen LogP contribution in [0.2, 0.25) is 0 Å². The van der Waals surface area contributed by atoms with E-state index in [9.17, 15) is 4.79 Å². The van der Waals surface area contributed by atoms with Gasteiger partial charge in [-0.15, -0.1) is 0 Å². The number of benzene rings is 1. The van der Waals surface area contributed by atoms with Crippen molar-refractivity contribution in [3.63, 3.8) is 0 Å². The van der Waals surface area contributed by atoms with Gasteiger partial charge >= 0.3 is 0 Å². The lowest BCUT2D eigenvalue weighted by Crippen LogP contribution is -2.46. The van der Waals surface area contributed by atoms with Crippen molar-refractivity contribution >= 4 is 11.9 Å². The molecule has 0 bridgehead atoms. The highest BCUT2D eigenvalue weighted by Crippen LogP contribution is 2.35. The van der Waals surface area contributed by atoms with Gasteiger partial charge in [-0.05, 0) is 50.3 Å². The van der Waals surface area contributed by atoms with Gasteiger partial charge in [-0.3, -0.25) is 4.79 Å². The van der Waals surface area contributed by atoms with Crippen molar-refractivity contribution < 1.29 is 4.79 Å². The van der Waals surface area contributed by atoms with Crippen molar-refractivity contribution in [1.82, 2.24) is 14.9 Å². The largest absolute Gasteiger partial charge is 0.338 e. The predicted molar refractivity (Wildman–Crippen MR) is 96.7 cm³/mol. The molecule has 128 valence electrons. The van der Waals surface area contributed by atoms with Gasteiger partial charge in [-0.25, -0.2) is 9.97 Å². The van der Waals surface area contributed by atoms with E-state index >= 15 is 0 Å². The maximum Gasteiger partial charge on any atom is 0.254 e. The van der Waals surface area contributed by atoms with E-state index in [4.69, 9.17) is 9.97 Å². The van der Waals surface area contributed by atoms with Gasteiger partial charge in [0, 0.05) is 48.6 Å². The van der Waals surface area contributed by atoms with Crippen LogP contribution >= 0.6 is 0 Å². The molecule has 1 fully saturated rings. The number of carbonyl (C=O) groups is 1. The Morgan fingerprint density at radius 1 is 1.20 bits per heavy atom. The molecule has 1 saturated heterocycles. The van der Waals surface area contributed by atoms with Crippen molar-refractivity contribution in [2.24, 2.45) is 0 Å². The molecule has 1 amide bonds. The van der Waals surface area contributed by atoms with Crippen LogP contribution in [0, 0.1) is 0 Å². The molecule has 5 rings (SSSR count). The number of hydrogen-bond donors (Lipinski definition) is 0. The average Bonchev–Trinajstić information content (AvgIpc) is 3.17. The second-order valence-corrected chi connectivity index (χ2v) is 7.52. The minimum atomic E-state index is 0.115. The van der Waals surface area contributed by atoms with Crippen LogP contribution in [-0.4, -0.2) is 40.4 Å². The molecule has 0 saturated carbocycles. The van der Waals surface area contributed by atoms with Gasteiger partial charge in [0.1, 0.15) is 0 Å². The van der Waals surface area contributed by atoms with E-state index in [1.54, 1.807) is 4.90 Å². The third-order valence-corrected chi connectivity index (χ3v) is 5.86. The van der Waals surface area contributed by atoms with E-state index < -0.39 is 0 Å². The lowest BCUT2D eigenvalue weighted by atomic mass is 10.00. The third-order valence-electron chi connectivity index (χ3n) is 5.86. The Labute approximate surface area is 147 Å². The van der Waals surface area contributed by atoms with Crippen molar-refractivity contribution in [3.05, 3.63) is 40.6 Å². The molecule has 1 aromatic heterocycles. The zero-order valence-electron chi connectivity index (χ0n) is 14.7. The highest BCUT2D eigenvalue weighted by Gasteiger charge is 2.30. The Kier molecular flexibility index (Phi) is 3.14. The third kappa shape index (κ3) is 2.18. The molecule has 1 aromatic carbocycles. The van der Waals surface area contributed by atoms with Crippen LogP contribution in [0.5, 0.6) is 0 Å². The van der Waals surface area contributed by atoms with E-state index in [0.29, 0.717) is 12.6 Å². The van der Waals surface area contributed by atoms with Gasteiger partial charge in [0.15, 0.2) is 0 Å². The first kappa shape index (κ1) is 14.9.